The minimum Gasteiger partial charge on any atom is -0.489 e. The summed E-state index contributed by atoms with van der Waals surface area (Å²) >= 11 is 0. The van der Waals surface area contributed by atoms with Gasteiger partial charge in [0.2, 0.25) is 0 Å². The molecule has 4 heteroatoms. The van der Waals surface area contributed by atoms with Gasteiger partial charge < -0.3 is 9.64 Å². The second-order valence-electron chi connectivity index (χ2n) is 7.70. The standard InChI is InChI=1S/C27H28N2O2/c30-27(25-13-15-26(16-14-25)31-22-24-10-5-2-6-11-24)29-20-18-28(19-21-29)17-7-12-23-8-3-1-4-9-23/h1-16H,17-22H2/b12-7+. The van der Waals surface area contributed by atoms with Gasteiger partial charge in [-0.25, -0.2) is 0 Å². The van der Waals surface area contributed by atoms with Crippen molar-refractivity contribution >= 4 is 12.0 Å². The van der Waals surface area contributed by atoms with Gasteiger partial charge in [-0.3, -0.25) is 9.69 Å². The zero-order valence-electron chi connectivity index (χ0n) is 17.7. The van der Waals surface area contributed by atoms with Crippen molar-refractivity contribution in [3.05, 3.63) is 108 Å². The number of benzene rings is 3. The summed E-state index contributed by atoms with van der Waals surface area (Å²) in [4.78, 5) is 17.2. The molecule has 3 aromatic rings. The van der Waals surface area contributed by atoms with Crippen molar-refractivity contribution in [3.8, 4) is 5.75 Å². The maximum absolute atomic E-state index is 12.8. The number of hydrogen-bond acceptors (Lipinski definition) is 3. The van der Waals surface area contributed by atoms with Crippen molar-refractivity contribution in [1.82, 2.24) is 9.80 Å². The van der Waals surface area contributed by atoms with Crippen LogP contribution in [0.4, 0.5) is 0 Å². The van der Waals surface area contributed by atoms with Gasteiger partial charge in [0, 0.05) is 38.3 Å². The fraction of sp³-hybridized carbons (Fsp3) is 0.222. The van der Waals surface area contributed by atoms with E-state index in [4.69, 9.17) is 4.74 Å². The Hall–Kier alpha value is -3.37. The minimum atomic E-state index is 0.0917. The number of hydrogen-bond donors (Lipinski definition) is 0. The highest BCUT2D eigenvalue weighted by Gasteiger charge is 2.21. The van der Waals surface area contributed by atoms with Crippen molar-refractivity contribution in [3.63, 3.8) is 0 Å². The van der Waals surface area contributed by atoms with E-state index in [1.165, 1.54) is 5.56 Å². The third-order valence-corrected chi connectivity index (χ3v) is 5.48. The van der Waals surface area contributed by atoms with E-state index in [1.807, 2.05) is 77.7 Å². The molecule has 0 N–H and O–H groups in total. The van der Waals surface area contributed by atoms with Crippen LogP contribution in [-0.4, -0.2) is 48.4 Å². The molecule has 0 spiro atoms. The number of ether oxygens (including phenoxy) is 1. The van der Waals surface area contributed by atoms with Gasteiger partial charge in [0.1, 0.15) is 12.4 Å². The number of amides is 1. The Morgan fingerprint density at radius 1 is 0.806 bits per heavy atom. The van der Waals surface area contributed by atoms with E-state index in [2.05, 4.69) is 29.2 Å². The molecule has 0 saturated carbocycles. The maximum Gasteiger partial charge on any atom is 0.253 e. The Bertz CT molecular complexity index is 977. The molecule has 1 aliphatic rings. The molecule has 0 radical (unpaired) electrons. The molecule has 4 nitrogen and oxygen atoms in total. The van der Waals surface area contributed by atoms with Gasteiger partial charge >= 0.3 is 0 Å². The topological polar surface area (TPSA) is 32.8 Å². The second-order valence-corrected chi connectivity index (χ2v) is 7.70. The maximum atomic E-state index is 12.8. The SMILES string of the molecule is O=C(c1ccc(OCc2ccccc2)cc1)N1CCN(C/C=C/c2ccccc2)CC1. The molecule has 4 rings (SSSR count). The first-order chi connectivity index (χ1) is 15.3. The van der Waals surface area contributed by atoms with Crippen molar-refractivity contribution in [2.24, 2.45) is 0 Å². The number of piperazine rings is 1. The average molecular weight is 413 g/mol. The molecule has 31 heavy (non-hydrogen) atoms. The van der Waals surface area contributed by atoms with Gasteiger partial charge in [-0.15, -0.1) is 0 Å². The summed E-state index contributed by atoms with van der Waals surface area (Å²) in [6, 6.07) is 27.9. The predicted molar refractivity (Wildman–Crippen MR) is 125 cm³/mol. The first-order valence-electron chi connectivity index (χ1n) is 10.8. The molecular weight excluding hydrogens is 384 g/mol. The minimum absolute atomic E-state index is 0.0917. The molecule has 1 aliphatic heterocycles. The van der Waals surface area contributed by atoms with E-state index in [9.17, 15) is 4.79 Å². The number of nitrogens with zero attached hydrogens (tertiary/aromatic N) is 2. The molecular formula is C27H28N2O2. The third kappa shape index (κ3) is 6.06. The monoisotopic (exact) mass is 412 g/mol. The van der Waals surface area contributed by atoms with Gasteiger partial charge in [0.05, 0.1) is 0 Å². The average Bonchev–Trinajstić information content (AvgIpc) is 2.84. The molecule has 1 saturated heterocycles. The van der Waals surface area contributed by atoms with Gasteiger partial charge in [0.15, 0.2) is 0 Å². The van der Waals surface area contributed by atoms with Crippen LogP contribution in [0.3, 0.4) is 0 Å². The summed E-state index contributed by atoms with van der Waals surface area (Å²) in [5, 5.41) is 0. The lowest BCUT2D eigenvalue weighted by Gasteiger charge is -2.34. The highest BCUT2D eigenvalue weighted by Crippen LogP contribution is 2.16. The molecule has 3 aromatic carbocycles. The molecule has 0 unspecified atom stereocenters. The van der Waals surface area contributed by atoms with E-state index < -0.39 is 0 Å². The first-order valence-corrected chi connectivity index (χ1v) is 10.8. The van der Waals surface area contributed by atoms with Crippen molar-refractivity contribution in [1.29, 1.82) is 0 Å². The lowest BCUT2D eigenvalue weighted by Crippen LogP contribution is -2.48. The fourth-order valence-electron chi connectivity index (χ4n) is 3.65. The number of carbonyl (C=O) groups excluding carboxylic acids is 1. The normalized spacial score (nSPS) is 14.6. The van der Waals surface area contributed by atoms with Crippen LogP contribution >= 0.6 is 0 Å². The molecule has 158 valence electrons. The van der Waals surface area contributed by atoms with Crippen LogP contribution in [0.2, 0.25) is 0 Å². The quantitative estimate of drug-likeness (QED) is 0.562. The molecule has 0 aliphatic carbocycles. The van der Waals surface area contributed by atoms with Crippen LogP contribution in [0.5, 0.6) is 5.75 Å². The molecule has 1 fully saturated rings. The zero-order chi connectivity index (χ0) is 21.3. The van der Waals surface area contributed by atoms with E-state index >= 15 is 0 Å². The van der Waals surface area contributed by atoms with E-state index in [0.29, 0.717) is 12.2 Å². The van der Waals surface area contributed by atoms with Gasteiger partial charge in [-0.05, 0) is 35.4 Å². The van der Waals surface area contributed by atoms with Gasteiger partial charge in [0.25, 0.3) is 5.91 Å². The van der Waals surface area contributed by atoms with Crippen LogP contribution in [0.25, 0.3) is 6.08 Å². The van der Waals surface area contributed by atoms with Gasteiger partial charge in [-0.1, -0.05) is 72.8 Å². The second kappa shape index (κ2) is 10.6. The summed E-state index contributed by atoms with van der Waals surface area (Å²) in [5.41, 5.74) is 3.05. The Morgan fingerprint density at radius 3 is 2.13 bits per heavy atom. The Balaban J connectivity index is 1.23. The molecule has 1 amide bonds. The fourth-order valence-corrected chi connectivity index (χ4v) is 3.65. The lowest BCUT2D eigenvalue weighted by atomic mass is 10.1. The highest BCUT2D eigenvalue weighted by atomic mass is 16.5. The largest absolute Gasteiger partial charge is 0.489 e. The predicted octanol–water partition coefficient (Wildman–Crippen LogP) is 4.74. The highest BCUT2D eigenvalue weighted by molar-refractivity contribution is 5.94. The van der Waals surface area contributed by atoms with E-state index in [-0.39, 0.29) is 5.91 Å². The van der Waals surface area contributed by atoms with Crippen LogP contribution < -0.4 is 4.74 Å². The number of rotatable bonds is 7. The van der Waals surface area contributed by atoms with Crippen LogP contribution in [-0.2, 0) is 6.61 Å². The van der Waals surface area contributed by atoms with E-state index in [0.717, 1.165) is 44.0 Å². The lowest BCUT2D eigenvalue weighted by molar-refractivity contribution is 0.0650. The summed E-state index contributed by atoms with van der Waals surface area (Å²) < 4.78 is 5.82. The smallest absolute Gasteiger partial charge is 0.253 e. The molecule has 0 bridgehead atoms. The Kier molecular flexibility index (Phi) is 7.14. The van der Waals surface area contributed by atoms with Crippen LogP contribution in [0.15, 0.2) is 91.0 Å². The Morgan fingerprint density at radius 2 is 1.45 bits per heavy atom. The summed E-state index contributed by atoms with van der Waals surface area (Å²) in [7, 11) is 0. The Labute approximate surface area is 184 Å². The molecule has 1 heterocycles. The van der Waals surface area contributed by atoms with Crippen LogP contribution in [0.1, 0.15) is 21.5 Å². The molecule has 0 atom stereocenters. The van der Waals surface area contributed by atoms with Crippen molar-refractivity contribution in [2.45, 2.75) is 6.61 Å². The van der Waals surface area contributed by atoms with Crippen molar-refractivity contribution < 1.29 is 9.53 Å². The number of carbonyl (C=O) groups is 1. The third-order valence-electron chi connectivity index (χ3n) is 5.48. The van der Waals surface area contributed by atoms with Crippen molar-refractivity contribution in [2.75, 3.05) is 32.7 Å². The summed E-state index contributed by atoms with van der Waals surface area (Å²) in [5.74, 6) is 0.865. The summed E-state index contributed by atoms with van der Waals surface area (Å²) in [6.07, 6.45) is 4.35. The van der Waals surface area contributed by atoms with Gasteiger partial charge in [-0.2, -0.15) is 0 Å². The van der Waals surface area contributed by atoms with Crippen LogP contribution in [0, 0.1) is 0 Å². The van der Waals surface area contributed by atoms with E-state index in [1.54, 1.807) is 0 Å². The first kappa shape index (κ1) is 20.9. The zero-order valence-corrected chi connectivity index (χ0v) is 17.7. The molecule has 0 aromatic heterocycles. The summed E-state index contributed by atoms with van der Waals surface area (Å²) in [6.45, 7) is 4.72.